The Labute approximate surface area is 136 Å². The molecule has 1 aliphatic carbocycles. The number of quaternary nitrogens is 1. The third-order valence-corrected chi connectivity index (χ3v) is 3.59. The van der Waals surface area contributed by atoms with Gasteiger partial charge in [-0.05, 0) is 12.1 Å². The molecule has 1 aliphatic rings. The Morgan fingerprint density at radius 3 is 2.33 bits per heavy atom. The van der Waals surface area contributed by atoms with E-state index in [0.717, 1.165) is 23.3 Å². The average Bonchev–Trinajstić information content (AvgIpc) is 3.30. The highest BCUT2D eigenvalue weighted by Crippen LogP contribution is 2.16. The van der Waals surface area contributed by atoms with Gasteiger partial charge in [0, 0.05) is 18.4 Å². The van der Waals surface area contributed by atoms with Crippen LogP contribution in [0.4, 0.5) is 22.4 Å². The van der Waals surface area contributed by atoms with Crippen molar-refractivity contribution >= 4 is 11.9 Å². The standard InChI is InChI=1S/C15H17F4N3O2/c16-11-3-1-10(2-4-11)7-22(12-5-6-12)8-13(23)21-14(24)20-9-15(17,18)19/h1-4,12H,5-9H2,(H2,20,21,23,24)/p+1. The molecule has 1 aromatic rings. The number of halogens is 4. The molecule has 0 bridgehead atoms. The lowest BCUT2D eigenvalue weighted by Gasteiger charge is -2.18. The predicted octanol–water partition coefficient (Wildman–Crippen LogP) is 0.761. The van der Waals surface area contributed by atoms with Crippen LogP contribution in [0.25, 0.3) is 0 Å². The maximum atomic E-state index is 12.9. The predicted molar refractivity (Wildman–Crippen MR) is 76.6 cm³/mol. The zero-order valence-electron chi connectivity index (χ0n) is 12.8. The van der Waals surface area contributed by atoms with Crippen molar-refractivity contribution in [1.29, 1.82) is 0 Å². The van der Waals surface area contributed by atoms with Crippen molar-refractivity contribution < 1.29 is 32.1 Å². The molecule has 0 radical (unpaired) electrons. The number of rotatable bonds is 6. The van der Waals surface area contributed by atoms with E-state index < -0.39 is 24.7 Å². The second-order valence-corrected chi connectivity index (χ2v) is 5.76. The molecule has 0 aromatic heterocycles. The minimum atomic E-state index is -4.53. The number of carbonyl (C=O) groups excluding carboxylic acids is 2. The first-order chi connectivity index (χ1) is 11.2. The number of hydrogen-bond donors (Lipinski definition) is 3. The summed E-state index contributed by atoms with van der Waals surface area (Å²) < 4.78 is 48.9. The van der Waals surface area contributed by atoms with E-state index in [9.17, 15) is 27.2 Å². The monoisotopic (exact) mass is 348 g/mol. The van der Waals surface area contributed by atoms with Crippen LogP contribution in [-0.4, -0.2) is 37.2 Å². The molecule has 5 nitrogen and oxygen atoms in total. The summed E-state index contributed by atoms with van der Waals surface area (Å²) in [6.45, 7) is -1.06. The van der Waals surface area contributed by atoms with Crippen LogP contribution in [0.15, 0.2) is 24.3 Å². The molecule has 1 fully saturated rings. The van der Waals surface area contributed by atoms with Crippen molar-refractivity contribution in [3.63, 3.8) is 0 Å². The van der Waals surface area contributed by atoms with Gasteiger partial charge in [-0.3, -0.25) is 10.1 Å². The zero-order valence-corrected chi connectivity index (χ0v) is 12.8. The van der Waals surface area contributed by atoms with Crippen molar-refractivity contribution in [2.24, 2.45) is 0 Å². The number of carbonyl (C=O) groups is 2. The van der Waals surface area contributed by atoms with Gasteiger partial charge in [0.15, 0.2) is 6.54 Å². The quantitative estimate of drug-likeness (QED) is 0.665. The molecular weight excluding hydrogens is 330 g/mol. The van der Waals surface area contributed by atoms with Crippen LogP contribution in [0.3, 0.4) is 0 Å². The topological polar surface area (TPSA) is 62.6 Å². The van der Waals surface area contributed by atoms with Crippen LogP contribution in [0.5, 0.6) is 0 Å². The third kappa shape index (κ3) is 6.53. The maximum absolute atomic E-state index is 12.9. The summed E-state index contributed by atoms with van der Waals surface area (Å²) in [4.78, 5) is 24.0. The van der Waals surface area contributed by atoms with E-state index in [1.807, 2.05) is 5.32 Å². The van der Waals surface area contributed by atoms with Gasteiger partial charge in [-0.2, -0.15) is 13.2 Å². The molecule has 1 unspecified atom stereocenters. The largest absolute Gasteiger partial charge is 0.405 e. The van der Waals surface area contributed by atoms with E-state index in [2.05, 4.69) is 0 Å². The Bertz CT molecular complexity index is 585. The highest BCUT2D eigenvalue weighted by atomic mass is 19.4. The Hall–Kier alpha value is -2.16. The van der Waals surface area contributed by atoms with Gasteiger partial charge in [0.05, 0.1) is 6.04 Å². The lowest BCUT2D eigenvalue weighted by Crippen LogP contribution is -3.13. The van der Waals surface area contributed by atoms with Crippen LogP contribution in [0.1, 0.15) is 18.4 Å². The van der Waals surface area contributed by atoms with Gasteiger partial charge in [-0.25, -0.2) is 9.18 Å². The first kappa shape index (κ1) is 18.2. The smallest absolute Gasteiger partial charge is 0.329 e. The number of benzene rings is 1. The molecule has 0 saturated heterocycles. The molecule has 0 aliphatic heterocycles. The first-order valence-electron chi connectivity index (χ1n) is 7.46. The van der Waals surface area contributed by atoms with Crippen molar-refractivity contribution in [3.05, 3.63) is 35.6 Å². The van der Waals surface area contributed by atoms with E-state index in [0.29, 0.717) is 6.54 Å². The normalized spacial score (nSPS) is 15.7. The zero-order chi connectivity index (χ0) is 17.7. The summed E-state index contributed by atoms with van der Waals surface area (Å²) >= 11 is 0. The summed E-state index contributed by atoms with van der Waals surface area (Å²) in [6, 6.07) is 4.97. The molecule has 2 rings (SSSR count). The van der Waals surface area contributed by atoms with Crippen molar-refractivity contribution in [3.8, 4) is 0 Å². The first-order valence-corrected chi connectivity index (χ1v) is 7.46. The van der Waals surface area contributed by atoms with Gasteiger partial charge in [0.25, 0.3) is 5.91 Å². The Balaban J connectivity index is 1.83. The van der Waals surface area contributed by atoms with Gasteiger partial charge in [-0.1, -0.05) is 12.1 Å². The second kappa shape index (κ2) is 7.61. The number of alkyl halides is 3. The molecule has 132 valence electrons. The highest BCUT2D eigenvalue weighted by Gasteiger charge is 2.35. The SMILES string of the molecule is O=C(C[NH+](Cc1ccc(F)cc1)C1CC1)NC(=O)NCC(F)(F)F. The number of urea groups is 1. The molecule has 24 heavy (non-hydrogen) atoms. The summed E-state index contributed by atoms with van der Waals surface area (Å²) in [7, 11) is 0. The highest BCUT2D eigenvalue weighted by molar-refractivity contribution is 5.94. The summed E-state index contributed by atoms with van der Waals surface area (Å²) in [5, 5.41) is 3.47. The molecular formula is C15H18F4N3O2+. The molecule has 0 spiro atoms. The van der Waals surface area contributed by atoms with Gasteiger partial charge in [0.2, 0.25) is 0 Å². The van der Waals surface area contributed by atoms with Crippen LogP contribution >= 0.6 is 0 Å². The Kier molecular flexibility index (Phi) is 5.76. The minimum absolute atomic E-state index is 0.0402. The van der Waals surface area contributed by atoms with Gasteiger partial charge >= 0.3 is 12.2 Å². The molecule has 1 atom stereocenters. The fraction of sp³-hybridized carbons (Fsp3) is 0.467. The van der Waals surface area contributed by atoms with Gasteiger partial charge in [0.1, 0.15) is 18.9 Å². The molecule has 3 amide bonds. The number of nitrogens with one attached hydrogen (secondary N) is 3. The molecule has 1 saturated carbocycles. The second-order valence-electron chi connectivity index (χ2n) is 5.76. The van der Waals surface area contributed by atoms with Crippen LogP contribution in [-0.2, 0) is 11.3 Å². The van der Waals surface area contributed by atoms with Crippen LogP contribution in [0.2, 0.25) is 0 Å². The fourth-order valence-corrected chi connectivity index (χ4v) is 2.31. The molecule has 3 N–H and O–H groups in total. The lowest BCUT2D eigenvalue weighted by molar-refractivity contribution is -0.917. The van der Waals surface area contributed by atoms with E-state index in [1.165, 1.54) is 12.1 Å². The molecule has 0 heterocycles. The summed E-state index contributed by atoms with van der Waals surface area (Å²) in [6.07, 6.45) is -2.66. The summed E-state index contributed by atoms with van der Waals surface area (Å²) in [5.74, 6) is -1.01. The summed E-state index contributed by atoms with van der Waals surface area (Å²) in [5.41, 5.74) is 0.840. The maximum Gasteiger partial charge on any atom is 0.405 e. The Morgan fingerprint density at radius 2 is 1.79 bits per heavy atom. The van der Waals surface area contributed by atoms with Gasteiger partial charge in [-0.15, -0.1) is 0 Å². The average molecular weight is 348 g/mol. The number of imide groups is 1. The lowest BCUT2D eigenvalue weighted by atomic mass is 10.2. The van der Waals surface area contributed by atoms with Crippen LogP contribution in [0, 0.1) is 5.82 Å². The van der Waals surface area contributed by atoms with E-state index >= 15 is 0 Å². The fourth-order valence-electron chi connectivity index (χ4n) is 2.31. The number of amides is 3. The molecule has 1 aromatic carbocycles. The minimum Gasteiger partial charge on any atom is -0.329 e. The molecule has 9 heteroatoms. The third-order valence-electron chi connectivity index (χ3n) is 3.59. The van der Waals surface area contributed by atoms with E-state index in [1.54, 1.807) is 17.4 Å². The number of hydrogen-bond acceptors (Lipinski definition) is 2. The Morgan fingerprint density at radius 1 is 1.17 bits per heavy atom. The van der Waals surface area contributed by atoms with Crippen LogP contribution < -0.4 is 15.5 Å². The van der Waals surface area contributed by atoms with Gasteiger partial charge < -0.3 is 10.2 Å². The van der Waals surface area contributed by atoms with Crippen molar-refractivity contribution in [2.75, 3.05) is 13.1 Å². The van der Waals surface area contributed by atoms with E-state index in [-0.39, 0.29) is 18.4 Å². The van der Waals surface area contributed by atoms with E-state index in [4.69, 9.17) is 0 Å². The van der Waals surface area contributed by atoms with Crippen molar-refractivity contribution in [2.45, 2.75) is 31.6 Å². The van der Waals surface area contributed by atoms with Crippen molar-refractivity contribution in [1.82, 2.24) is 10.6 Å².